The summed E-state index contributed by atoms with van der Waals surface area (Å²) in [5.74, 6) is -3.28. The van der Waals surface area contributed by atoms with E-state index in [0.717, 1.165) is 12.1 Å². The molecule has 0 bridgehead atoms. The van der Waals surface area contributed by atoms with Gasteiger partial charge in [0.15, 0.2) is 11.6 Å². The molecule has 0 radical (unpaired) electrons. The van der Waals surface area contributed by atoms with Gasteiger partial charge in [-0.3, -0.25) is 9.59 Å². The first-order chi connectivity index (χ1) is 11.3. The molecular formula is C17H15ClF2N2O2. The standard InChI is InChI=1S/C17H15ClF2N2O2/c1-3-21-16(23)10-5-4-9(2)15(6-10)22-17(24)11-7-13(19)14(20)8-12(11)18/h4-8H,3H2,1-2H3,(H,21,23)(H,22,24). The van der Waals surface area contributed by atoms with E-state index in [-0.39, 0.29) is 16.5 Å². The number of carbonyl (C=O) groups excluding carboxylic acids is 2. The molecule has 0 aliphatic carbocycles. The van der Waals surface area contributed by atoms with Gasteiger partial charge in [0, 0.05) is 17.8 Å². The second-order valence-electron chi connectivity index (χ2n) is 5.09. The molecule has 0 saturated heterocycles. The van der Waals surface area contributed by atoms with Crippen LogP contribution in [0.2, 0.25) is 5.02 Å². The van der Waals surface area contributed by atoms with Gasteiger partial charge in [-0.25, -0.2) is 8.78 Å². The summed E-state index contributed by atoms with van der Waals surface area (Å²) in [5, 5.41) is 5.01. The van der Waals surface area contributed by atoms with Crippen LogP contribution in [-0.4, -0.2) is 18.4 Å². The van der Waals surface area contributed by atoms with Crippen molar-refractivity contribution in [3.8, 4) is 0 Å². The van der Waals surface area contributed by atoms with Gasteiger partial charge in [-0.1, -0.05) is 17.7 Å². The van der Waals surface area contributed by atoms with Gasteiger partial charge in [0.2, 0.25) is 0 Å². The first kappa shape index (κ1) is 17.9. The van der Waals surface area contributed by atoms with Crippen molar-refractivity contribution in [3.63, 3.8) is 0 Å². The number of carbonyl (C=O) groups is 2. The molecule has 0 aromatic heterocycles. The minimum Gasteiger partial charge on any atom is -0.352 e. The van der Waals surface area contributed by atoms with Crippen LogP contribution in [0.3, 0.4) is 0 Å². The molecule has 0 saturated carbocycles. The van der Waals surface area contributed by atoms with Crippen LogP contribution in [0, 0.1) is 18.6 Å². The Bertz CT molecular complexity index is 809. The third kappa shape index (κ3) is 3.89. The van der Waals surface area contributed by atoms with Crippen molar-refractivity contribution in [1.82, 2.24) is 5.32 Å². The van der Waals surface area contributed by atoms with E-state index in [4.69, 9.17) is 11.6 Å². The summed E-state index contributed by atoms with van der Waals surface area (Å²) in [7, 11) is 0. The van der Waals surface area contributed by atoms with Crippen molar-refractivity contribution >= 4 is 29.1 Å². The number of nitrogens with one attached hydrogen (secondary N) is 2. The molecule has 0 fully saturated rings. The average Bonchev–Trinajstić information content (AvgIpc) is 2.53. The van der Waals surface area contributed by atoms with Gasteiger partial charge in [-0.2, -0.15) is 0 Å². The lowest BCUT2D eigenvalue weighted by atomic mass is 10.1. The molecule has 2 aromatic carbocycles. The summed E-state index contributed by atoms with van der Waals surface area (Å²) in [6.07, 6.45) is 0. The number of hydrogen-bond donors (Lipinski definition) is 2. The third-order valence-corrected chi connectivity index (χ3v) is 3.65. The predicted octanol–water partition coefficient (Wildman–Crippen LogP) is 3.93. The van der Waals surface area contributed by atoms with Gasteiger partial charge in [0.25, 0.3) is 11.8 Å². The molecule has 0 atom stereocenters. The SMILES string of the molecule is CCNC(=O)c1ccc(C)c(NC(=O)c2cc(F)c(F)cc2Cl)c1. The molecule has 2 N–H and O–H groups in total. The summed E-state index contributed by atoms with van der Waals surface area (Å²) in [5.41, 5.74) is 1.26. The summed E-state index contributed by atoms with van der Waals surface area (Å²) in [6, 6.07) is 6.28. The van der Waals surface area contributed by atoms with E-state index in [9.17, 15) is 18.4 Å². The van der Waals surface area contributed by atoms with Gasteiger partial charge >= 0.3 is 0 Å². The fourth-order valence-electron chi connectivity index (χ4n) is 2.05. The van der Waals surface area contributed by atoms with Crippen molar-refractivity contribution < 1.29 is 18.4 Å². The van der Waals surface area contributed by atoms with Crippen LogP contribution in [-0.2, 0) is 0 Å². The van der Waals surface area contributed by atoms with E-state index in [1.54, 1.807) is 26.0 Å². The molecule has 126 valence electrons. The predicted molar refractivity (Wildman–Crippen MR) is 88.5 cm³/mol. The number of rotatable bonds is 4. The Morgan fingerprint density at radius 1 is 1.08 bits per heavy atom. The smallest absolute Gasteiger partial charge is 0.257 e. The van der Waals surface area contributed by atoms with E-state index < -0.39 is 17.5 Å². The normalized spacial score (nSPS) is 10.4. The Morgan fingerprint density at radius 2 is 1.75 bits per heavy atom. The maximum Gasteiger partial charge on any atom is 0.257 e. The summed E-state index contributed by atoms with van der Waals surface area (Å²) < 4.78 is 26.4. The molecule has 0 aliphatic heterocycles. The van der Waals surface area contributed by atoms with Crippen molar-refractivity contribution in [1.29, 1.82) is 0 Å². The molecular weight excluding hydrogens is 338 g/mol. The fourth-order valence-corrected chi connectivity index (χ4v) is 2.28. The molecule has 4 nitrogen and oxygen atoms in total. The monoisotopic (exact) mass is 352 g/mol. The summed E-state index contributed by atoms with van der Waals surface area (Å²) >= 11 is 5.79. The highest BCUT2D eigenvalue weighted by atomic mass is 35.5. The molecule has 24 heavy (non-hydrogen) atoms. The van der Waals surface area contributed by atoms with Crippen LogP contribution in [0.15, 0.2) is 30.3 Å². The second kappa shape index (κ2) is 7.40. The Kier molecular flexibility index (Phi) is 5.51. The number of aryl methyl sites for hydroxylation is 1. The van der Waals surface area contributed by atoms with Crippen LogP contribution in [0.4, 0.5) is 14.5 Å². The van der Waals surface area contributed by atoms with E-state index in [2.05, 4.69) is 10.6 Å². The highest BCUT2D eigenvalue weighted by Gasteiger charge is 2.16. The number of amides is 2. The highest BCUT2D eigenvalue weighted by molar-refractivity contribution is 6.34. The Morgan fingerprint density at radius 3 is 2.42 bits per heavy atom. The molecule has 0 unspecified atom stereocenters. The molecule has 2 aromatic rings. The minimum atomic E-state index is -1.17. The van der Waals surface area contributed by atoms with Crippen LogP contribution < -0.4 is 10.6 Å². The Hall–Kier alpha value is -2.47. The van der Waals surface area contributed by atoms with Gasteiger partial charge in [-0.15, -0.1) is 0 Å². The van der Waals surface area contributed by atoms with Crippen LogP contribution in [0.5, 0.6) is 0 Å². The Balaban J connectivity index is 2.30. The third-order valence-electron chi connectivity index (χ3n) is 3.34. The fraction of sp³-hybridized carbons (Fsp3) is 0.176. The Labute approximate surface area is 142 Å². The van der Waals surface area contributed by atoms with E-state index >= 15 is 0 Å². The topological polar surface area (TPSA) is 58.2 Å². The quantitative estimate of drug-likeness (QED) is 0.819. The lowest BCUT2D eigenvalue weighted by molar-refractivity contribution is 0.0954. The highest BCUT2D eigenvalue weighted by Crippen LogP contribution is 2.23. The minimum absolute atomic E-state index is 0.196. The lowest BCUT2D eigenvalue weighted by Crippen LogP contribution is -2.23. The number of hydrogen-bond acceptors (Lipinski definition) is 2. The van der Waals surface area contributed by atoms with E-state index in [1.165, 1.54) is 6.07 Å². The van der Waals surface area contributed by atoms with Gasteiger partial charge < -0.3 is 10.6 Å². The largest absolute Gasteiger partial charge is 0.352 e. The second-order valence-corrected chi connectivity index (χ2v) is 5.50. The van der Waals surface area contributed by atoms with Crippen molar-refractivity contribution in [2.24, 2.45) is 0 Å². The molecule has 2 amide bonds. The number of anilines is 1. The van der Waals surface area contributed by atoms with Gasteiger partial charge in [0.05, 0.1) is 10.6 Å². The van der Waals surface area contributed by atoms with Gasteiger partial charge in [0.1, 0.15) is 0 Å². The molecule has 0 aliphatic rings. The molecule has 0 spiro atoms. The molecule has 7 heteroatoms. The maximum atomic E-state index is 13.3. The van der Waals surface area contributed by atoms with Crippen LogP contribution in [0.25, 0.3) is 0 Å². The van der Waals surface area contributed by atoms with E-state index in [1.807, 2.05) is 0 Å². The zero-order chi connectivity index (χ0) is 17.9. The first-order valence-electron chi connectivity index (χ1n) is 7.18. The van der Waals surface area contributed by atoms with Crippen molar-refractivity contribution in [3.05, 3.63) is 63.7 Å². The van der Waals surface area contributed by atoms with Crippen LogP contribution >= 0.6 is 11.6 Å². The average molecular weight is 353 g/mol. The molecule has 0 heterocycles. The molecule has 2 rings (SSSR count). The lowest BCUT2D eigenvalue weighted by Gasteiger charge is -2.11. The maximum absolute atomic E-state index is 13.3. The van der Waals surface area contributed by atoms with Gasteiger partial charge in [-0.05, 0) is 43.7 Å². The number of benzene rings is 2. The van der Waals surface area contributed by atoms with Crippen LogP contribution in [0.1, 0.15) is 33.2 Å². The number of halogens is 3. The summed E-state index contributed by atoms with van der Waals surface area (Å²) in [6.45, 7) is 4.00. The zero-order valence-corrected chi connectivity index (χ0v) is 13.8. The van der Waals surface area contributed by atoms with Crippen molar-refractivity contribution in [2.45, 2.75) is 13.8 Å². The van der Waals surface area contributed by atoms with Crippen molar-refractivity contribution in [2.75, 3.05) is 11.9 Å². The summed E-state index contributed by atoms with van der Waals surface area (Å²) in [4.78, 5) is 24.1. The van der Waals surface area contributed by atoms with E-state index in [0.29, 0.717) is 23.4 Å². The first-order valence-corrected chi connectivity index (χ1v) is 7.56. The zero-order valence-electron chi connectivity index (χ0n) is 13.0.